The maximum atomic E-state index is 9.63. The average Bonchev–Trinajstić information content (AvgIpc) is 1.88. The monoisotopic (exact) mass is 192 g/mol. The Morgan fingerprint density at radius 2 is 1.64 bits per heavy atom. The van der Waals surface area contributed by atoms with Gasteiger partial charge in [-0.2, -0.15) is 0 Å². The van der Waals surface area contributed by atoms with E-state index in [0.29, 0.717) is 0 Å². The summed E-state index contributed by atoms with van der Waals surface area (Å²) in [5.41, 5.74) is 0. The normalized spacial score (nSPS) is 10.5. The first-order chi connectivity index (χ1) is 4.61. The Morgan fingerprint density at radius 3 is 1.91 bits per heavy atom. The summed E-state index contributed by atoms with van der Waals surface area (Å²) in [6.07, 6.45) is 0. The van der Waals surface area contributed by atoms with Crippen molar-refractivity contribution < 1.29 is 57.6 Å². The molecule has 0 saturated carbocycles. The number of rotatable bonds is 1. The Balaban J connectivity index is 0. The van der Waals surface area contributed by atoms with Crippen molar-refractivity contribution in [3.63, 3.8) is 0 Å². The molecule has 1 aromatic rings. The molecule has 0 atom stereocenters. The van der Waals surface area contributed by atoms with Crippen molar-refractivity contribution in [1.29, 1.82) is 0 Å². The van der Waals surface area contributed by atoms with Gasteiger partial charge in [0.05, 0.1) is 0 Å². The van der Waals surface area contributed by atoms with Crippen LogP contribution in [-0.2, 0) is 0 Å². The minimum atomic E-state index is -2.03. The summed E-state index contributed by atoms with van der Waals surface area (Å²) in [6, 6.07) is 9.84. The van der Waals surface area contributed by atoms with Crippen LogP contribution in [0, 0.1) is 0 Å². The molecule has 3 heteroatoms. The van der Waals surface area contributed by atoms with Gasteiger partial charge in [0.2, 0.25) is 8.32 Å². The zero-order valence-corrected chi connectivity index (χ0v) is 11.5. The predicted octanol–water partition coefficient (Wildman–Crippen LogP) is -1.79. The SMILES string of the molecule is C[Si](C)(O)c1ccccc1.[H-].[K+]. The van der Waals surface area contributed by atoms with Gasteiger partial charge in [-0.3, -0.25) is 0 Å². The van der Waals surface area contributed by atoms with Gasteiger partial charge in [0.1, 0.15) is 0 Å². The van der Waals surface area contributed by atoms with E-state index in [-0.39, 0.29) is 52.8 Å². The largest absolute Gasteiger partial charge is 1.00 e. The molecular weight excluding hydrogens is 179 g/mol. The number of benzene rings is 1. The Bertz CT molecular complexity index is 210. The van der Waals surface area contributed by atoms with Gasteiger partial charge in [-0.25, -0.2) is 0 Å². The van der Waals surface area contributed by atoms with Crippen LogP contribution >= 0.6 is 0 Å². The standard InChI is InChI=1S/C8H12OSi.K.H/c1-10(2,9)8-6-4-3-5-7-8;;/h3-7,9H,1-2H3;;/q;+1;-1. The van der Waals surface area contributed by atoms with Crippen molar-refractivity contribution in [2.75, 3.05) is 0 Å². The van der Waals surface area contributed by atoms with Gasteiger partial charge in [-0.1, -0.05) is 30.3 Å². The van der Waals surface area contributed by atoms with E-state index < -0.39 is 8.32 Å². The Hall–Kier alpha value is 1.03. The third-order valence-electron chi connectivity index (χ3n) is 1.48. The predicted molar refractivity (Wildman–Crippen MR) is 46.9 cm³/mol. The molecule has 0 aliphatic heterocycles. The van der Waals surface area contributed by atoms with Crippen LogP contribution in [0.25, 0.3) is 0 Å². The van der Waals surface area contributed by atoms with Gasteiger partial charge in [0.25, 0.3) is 0 Å². The molecule has 0 aromatic heterocycles. The number of hydrogen-bond donors (Lipinski definition) is 1. The van der Waals surface area contributed by atoms with Crippen molar-refractivity contribution in [2.24, 2.45) is 0 Å². The molecule has 0 spiro atoms. The molecule has 0 heterocycles. The Morgan fingerprint density at radius 1 is 1.18 bits per heavy atom. The summed E-state index contributed by atoms with van der Waals surface area (Å²) in [5.74, 6) is 0. The van der Waals surface area contributed by atoms with E-state index in [4.69, 9.17) is 0 Å². The molecule has 1 N–H and O–H groups in total. The van der Waals surface area contributed by atoms with Crippen molar-refractivity contribution in [3.05, 3.63) is 30.3 Å². The van der Waals surface area contributed by atoms with Gasteiger partial charge >= 0.3 is 51.4 Å². The van der Waals surface area contributed by atoms with Gasteiger partial charge < -0.3 is 6.22 Å². The molecule has 56 valence electrons. The summed E-state index contributed by atoms with van der Waals surface area (Å²) in [7, 11) is -2.03. The van der Waals surface area contributed by atoms with Gasteiger partial charge in [0, 0.05) is 0 Å². The van der Waals surface area contributed by atoms with Crippen LogP contribution in [0.1, 0.15) is 1.43 Å². The second-order valence-electron chi connectivity index (χ2n) is 2.93. The zero-order valence-electron chi connectivity index (χ0n) is 8.33. The van der Waals surface area contributed by atoms with Crippen molar-refractivity contribution >= 4 is 13.5 Å². The zero-order chi connectivity index (χ0) is 7.61. The van der Waals surface area contributed by atoms with Gasteiger partial charge in [-0.05, 0) is 18.3 Å². The van der Waals surface area contributed by atoms with Crippen molar-refractivity contribution in [2.45, 2.75) is 13.1 Å². The Kier molecular flexibility index (Phi) is 5.38. The third kappa shape index (κ3) is 3.98. The average molecular weight is 192 g/mol. The molecule has 0 aliphatic rings. The third-order valence-corrected chi connectivity index (χ3v) is 3.23. The van der Waals surface area contributed by atoms with E-state index in [0.717, 1.165) is 5.19 Å². The summed E-state index contributed by atoms with van der Waals surface area (Å²) >= 11 is 0. The molecule has 0 fully saturated rings. The molecule has 1 nitrogen and oxygen atoms in total. The molecule has 0 aliphatic carbocycles. The second kappa shape index (κ2) is 4.91. The van der Waals surface area contributed by atoms with Crippen LogP contribution in [0.2, 0.25) is 13.1 Å². The second-order valence-corrected chi connectivity index (χ2v) is 6.62. The summed E-state index contributed by atoms with van der Waals surface area (Å²) < 4.78 is 0. The summed E-state index contributed by atoms with van der Waals surface area (Å²) in [4.78, 5) is 9.63. The van der Waals surface area contributed by atoms with Crippen molar-refractivity contribution in [3.8, 4) is 0 Å². The van der Waals surface area contributed by atoms with Crippen LogP contribution in [-0.4, -0.2) is 13.1 Å². The molecule has 11 heavy (non-hydrogen) atoms. The summed E-state index contributed by atoms with van der Waals surface area (Å²) in [6.45, 7) is 3.84. The maximum Gasteiger partial charge on any atom is 1.00 e. The van der Waals surface area contributed by atoms with Crippen LogP contribution in [0.5, 0.6) is 0 Å². The van der Waals surface area contributed by atoms with Crippen LogP contribution in [0.15, 0.2) is 30.3 Å². The van der Waals surface area contributed by atoms with E-state index in [1.54, 1.807) is 0 Å². The fourth-order valence-electron chi connectivity index (χ4n) is 0.846. The quantitative estimate of drug-likeness (QED) is 0.521. The molecule has 0 bridgehead atoms. The van der Waals surface area contributed by atoms with E-state index in [1.807, 2.05) is 43.4 Å². The van der Waals surface area contributed by atoms with Gasteiger partial charge in [-0.15, -0.1) is 0 Å². The van der Waals surface area contributed by atoms with Gasteiger partial charge in [0.15, 0.2) is 0 Å². The molecule has 1 rings (SSSR count). The van der Waals surface area contributed by atoms with Crippen LogP contribution in [0.3, 0.4) is 0 Å². The molecular formula is C8H13KOSi. The molecule has 0 amide bonds. The van der Waals surface area contributed by atoms with E-state index >= 15 is 0 Å². The summed E-state index contributed by atoms with van der Waals surface area (Å²) in [5, 5.41) is 1.09. The molecule has 0 unspecified atom stereocenters. The smallest absolute Gasteiger partial charge is 1.00 e. The minimum Gasteiger partial charge on any atom is -1.00 e. The van der Waals surface area contributed by atoms with Crippen LogP contribution in [0.4, 0.5) is 0 Å². The number of hydrogen-bond acceptors (Lipinski definition) is 1. The molecule has 0 radical (unpaired) electrons. The molecule has 1 aromatic carbocycles. The van der Waals surface area contributed by atoms with E-state index in [2.05, 4.69) is 0 Å². The first kappa shape index (κ1) is 12.0. The minimum absolute atomic E-state index is 0. The fourth-order valence-corrected chi connectivity index (χ4v) is 1.85. The van der Waals surface area contributed by atoms with Crippen molar-refractivity contribution in [1.82, 2.24) is 0 Å². The van der Waals surface area contributed by atoms with E-state index in [9.17, 15) is 4.80 Å². The van der Waals surface area contributed by atoms with Crippen LogP contribution < -0.4 is 56.6 Å². The first-order valence-electron chi connectivity index (χ1n) is 3.38. The van der Waals surface area contributed by atoms with E-state index in [1.165, 1.54) is 0 Å². The molecule has 0 saturated heterocycles. The Labute approximate surface area is 113 Å². The fraction of sp³-hybridized carbons (Fsp3) is 0.250. The topological polar surface area (TPSA) is 20.2 Å². The maximum absolute atomic E-state index is 9.63. The first-order valence-corrected chi connectivity index (χ1v) is 6.33.